The van der Waals surface area contributed by atoms with Gasteiger partial charge >= 0.3 is 0 Å². The molecular weight excluding hydrogens is 474 g/mol. The summed E-state index contributed by atoms with van der Waals surface area (Å²) in [6.45, 7) is 0.101. The molecule has 1 aromatic carbocycles. The molecular formula is C22H25ClF2N4O5. The number of ketones is 1. The number of hydrogen-bond acceptors (Lipinski definition) is 5. The van der Waals surface area contributed by atoms with Crippen molar-refractivity contribution < 1.29 is 33.1 Å². The molecule has 0 saturated carbocycles. The number of nitrogens with one attached hydrogen (secondary N) is 4. The lowest BCUT2D eigenvalue weighted by molar-refractivity contribution is -0.132. The number of hydrogen-bond donors (Lipinski definition) is 5. The molecule has 3 amide bonds. The number of fused-ring (bicyclic) bond motifs is 1. The first-order valence-corrected chi connectivity index (χ1v) is 11.0. The molecule has 1 aromatic heterocycles. The van der Waals surface area contributed by atoms with Gasteiger partial charge in [0.2, 0.25) is 17.7 Å². The minimum Gasteiger partial charge on any atom is -0.389 e. The van der Waals surface area contributed by atoms with Gasteiger partial charge in [0.15, 0.2) is 5.78 Å². The number of amides is 3. The number of benzene rings is 1. The number of carbonyl (C=O) groups excluding carboxylic acids is 4. The van der Waals surface area contributed by atoms with Crippen molar-refractivity contribution in [2.45, 2.75) is 44.2 Å². The molecule has 1 aliphatic rings. The van der Waals surface area contributed by atoms with Crippen LogP contribution in [0.15, 0.2) is 24.3 Å². The van der Waals surface area contributed by atoms with Gasteiger partial charge < -0.3 is 26.0 Å². The highest BCUT2D eigenvalue weighted by molar-refractivity contribution is 6.35. The Labute approximate surface area is 198 Å². The Morgan fingerprint density at radius 3 is 2.59 bits per heavy atom. The van der Waals surface area contributed by atoms with Crippen molar-refractivity contribution >= 4 is 46.0 Å². The van der Waals surface area contributed by atoms with Crippen LogP contribution in [0, 0.1) is 5.92 Å². The topological polar surface area (TPSA) is 140 Å². The first-order chi connectivity index (χ1) is 16.0. The highest BCUT2D eigenvalue weighted by atomic mass is 35.5. The highest BCUT2D eigenvalue weighted by Crippen LogP contribution is 2.24. The maximum atomic E-state index is 13.8. The molecule has 1 aliphatic heterocycles. The normalized spacial score (nSPS) is 17.8. The first-order valence-electron chi connectivity index (χ1n) is 10.7. The van der Waals surface area contributed by atoms with Gasteiger partial charge in [-0.05, 0) is 31.9 Å². The number of aromatic amines is 1. The van der Waals surface area contributed by atoms with E-state index in [-0.39, 0.29) is 18.0 Å². The van der Waals surface area contributed by atoms with Crippen molar-refractivity contribution in [2.24, 2.45) is 5.92 Å². The number of H-pyrrole nitrogens is 1. The SMILES string of the molecule is CC(F)(F)C[C@H](NC(=O)c1cc2cccc(Cl)c2[nH]1)C(=O)N[C@@H](C[C@@H]1CCNC1=O)C(=O)CO. The number of Topliss-reactive ketones (excluding diaryl/α,β-unsaturated/α-hetero) is 1. The number of aliphatic hydroxyl groups excluding tert-OH is 1. The zero-order chi connectivity index (χ0) is 25.0. The summed E-state index contributed by atoms with van der Waals surface area (Å²) in [5.41, 5.74) is 0.477. The van der Waals surface area contributed by atoms with Gasteiger partial charge in [0, 0.05) is 24.3 Å². The molecule has 0 spiro atoms. The zero-order valence-electron chi connectivity index (χ0n) is 18.3. The molecule has 2 aromatic rings. The van der Waals surface area contributed by atoms with Crippen LogP contribution in [-0.4, -0.2) is 64.8 Å². The van der Waals surface area contributed by atoms with Crippen molar-refractivity contribution in [2.75, 3.05) is 13.2 Å². The third-order valence-electron chi connectivity index (χ3n) is 5.58. The fourth-order valence-corrected chi connectivity index (χ4v) is 4.08. The van der Waals surface area contributed by atoms with Crippen LogP contribution >= 0.6 is 11.6 Å². The van der Waals surface area contributed by atoms with Crippen LogP contribution in [0.3, 0.4) is 0 Å². The van der Waals surface area contributed by atoms with Crippen LogP contribution in [0.2, 0.25) is 5.02 Å². The van der Waals surface area contributed by atoms with Crippen molar-refractivity contribution in [3.63, 3.8) is 0 Å². The standard InChI is InChI=1S/C22H25ClF2N4O5/c1-22(24,25)9-16(29-20(33)15-7-11-3-2-4-13(23)18(11)27-15)21(34)28-14(17(31)10-30)8-12-5-6-26-19(12)32/h2-4,7,12,14,16,27,30H,5-6,8-10H2,1H3,(H,26,32)(H,28,34)(H,29,33)/t12-,14-,16-/m0/s1. The maximum Gasteiger partial charge on any atom is 0.268 e. The van der Waals surface area contributed by atoms with Crippen LogP contribution < -0.4 is 16.0 Å². The number of carbonyl (C=O) groups is 4. The molecule has 9 nitrogen and oxygen atoms in total. The molecule has 0 aliphatic carbocycles. The van der Waals surface area contributed by atoms with Crippen molar-refractivity contribution in [1.29, 1.82) is 0 Å². The average molecular weight is 499 g/mol. The second-order valence-corrected chi connectivity index (χ2v) is 8.79. The summed E-state index contributed by atoms with van der Waals surface area (Å²) in [4.78, 5) is 52.5. The maximum absolute atomic E-state index is 13.8. The van der Waals surface area contributed by atoms with E-state index in [0.29, 0.717) is 35.8 Å². The van der Waals surface area contributed by atoms with Crippen LogP contribution in [0.5, 0.6) is 0 Å². The summed E-state index contributed by atoms with van der Waals surface area (Å²) in [6.07, 6.45) is -0.698. The number of aromatic nitrogens is 1. The number of halogens is 3. The van der Waals surface area contributed by atoms with E-state index in [9.17, 15) is 33.1 Å². The lowest BCUT2D eigenvalue weighted by atomic mass is 9.95. The van der Waals surface area contributed by atoms with E-state index in [2.05, 4.69) is 20.9 Å². The largest absolute Gasteiger partial charge is 0.389 e. The van der Waals surface area contributed by atoms with Gasteiger partial charge in [-0.25, -0.2) is 8.78 Å². The van der Waals surface area contributed by atoms with Gasteiger partial charge in [-0.15, -0.1) is 0 Å². The molecule has 5 N–H and O–H groups in total. The third kappa shape index (κ3) is 6.29. The average Bonchev–Trinajstić information content (AvgIpc) is 3.38. The van der Waals surface area contributed by atoms with E-state index in [0.717, 1.165) is 0 Å². The Balaban J connectivity index is 1.78. The smallest absolute Gasteiger partial charge is 0.268 e. The quantitative estimate of drug-likeness (QED) is 0.338. The first kappa shape index (κ1) is 25.6. The molecule has 3 rings (SSSR count). The van der Waals surface area contributed by atoms with E-state index in [1.165, 1.54) is 6.07 Å². The van der Waals surface area contributed by atoms with Gasteiger partial charge in [-0.2, -0.15) is 0 Å². The molecule has 1 fully saturated rings. The fraction of sp³-hybridized carbons (Fsp3) is 0.455. The zero-order valence-corrected chi connectivity index (χ0v) is 19.0. The summed E-state index contributed by atoms with van der Waals surface area (Å²) in [5, 5.41) is 17.4. The van der Waals surface area contributed by atoms with E-state index < -0.39 is 54.5 Å². The van der Waals surface area contributed by atoms with Crippen LogP contribution in [0.1, 0.15) is 36.7 Å². The van der Waals surface area contributed by atoms with Gasteiger partial charge in [0.1, 0.15) is 18.3 Å². The van der Waals surface area contributed by atoms with E-state index in [4.69, 9.17) is 11.6 Å². The molecule has 34 heavy (non-hydrogen) atoms. The monoisotopic (exact) mass is 498 g/mol. The third-order valence-corrected chi connectivity index (χ3v) is 5.89. The predicted molar refractivity (Wildman–Crippen MR) is 120 cm³/mol. The molecule has 0 bridgehead atoms. The van der Waals surface area contributed by atoms with E-state index in [1.54, 1.807) is 18.2 Å². The van der Waals surface area contributed by atoms with Crippen molar-refractivity contribution in [3.8, 4) is 0 Å². The number of alkyl halides is 2. The summed E-state index contributed by atoms with van der Waals surface area (Å²) in [7, 11) is 0. The van der Waals surface area contributed by atoms with Crippen molar-refractivity contribution in [1.82, 2.24) is 20.9 Å². The van der Waals surface area contributed by atoms with Gasteiger partial charge in [-0.1, -0.05) is 23.7 Å². The molecule has 184 valence electrons. The summed E-state index contributed by atoms with van der Waals surface area (Å²) in [5.74, 6) is -6.82. The summed E-state index contributed by atoms with van der Waals surface area (Å²) in [6, 6.07) is 3.48. The Bertz CT molecular complexity index is 1100. The molecule has 0 unspecified atom stereocenters. The van der Waals surface area contributed by atoms with E-state index in [1.807, 2.05) is 0 Å². The minimum absolute atomic E-state index is 0.00549. The van der Waals surface area contributed by atoms with Crippen LogP contribution in [0.4, 0.5) is 8.78 Å². The molecule has 3 atom stereocenters. The lowest BCUT2D eigenvalue weighted by Crippen LogP contribution is -2.54. The van der Waals surface area contributed by atoms with Crippen LogP contribution in [0.25, 0.3) is 10.9 Å². The predicted octanol–water partition coefficient (Wildman–Crippen LogP) is 1.54. The van der Waals surface area contributed by atoms with Crippen molar-refractivity contribution in [3.05, 3.63) is 35.0 Å². The number of aliphatic hydroxyl groups is 1. The Kier molecular flexibility index (Phi) is 7.88. The Morgan fingerprint density at radius 2 is 2.00 bits per heavy atom. The number of para-hydroxylation sites is 1. The van der Waals surface area contributed by atoms with Gasteiger partial charge in [-0.3, -0.25) is 19.2 Å². The van der Waals surface area contributed by atoms with Gasteiger partial charge in [0.25, 0.3) is 5.91 Å². The molecule has 12 heteroatoms. The van der Waals surface area contributed by atoms with E-state index >= 15 is 0 Å². The fourth-order valence-electron chi connectivity index (χ4n) is 3.85. The summed E-state index contributed by atoms with van der Waals surface area (Å²) >= 11 is 6.09. The lowest BCUT2D eigenvalue weighted by Gasteiger charge is -2.25. The Morgan fingerprint density at radius 1 is 1.26 bits per heavy atom. The van der Waals surface area contributed by atoms with Gasteiger partial charge in [0.05, 0.1) is 16.6 Å². The highest BCUT2D eigenvalue weighted by Gasteiger charge is 2.36. The molecule has 0 radical (unpaired) electrons. The minimum atomic E-state index is -3.32. The second kappa shape index (κ2) is 10.5. The second-order valence-electron chi connectivity index (χ2n) is 8.39. The Hall–Kier alpha value is -3.05. The number of rotatable bonds is 10. The molecule has 2 heterocycles. The summed E-state index contributed by atoms with van der Waals surface area (Å²) < 4.78 is 27.7. The van der Waals surface area contributed by atoms with Crippen LogP contribution in [-0.2, 0) is 14.4 Å². The molecule has 1 saturated heterocycles.